The fraction of sp³-hybridized carbons (Fsp3) is 0.154. The number of fused-ring (bicyclic) bond motifs is 1. The molecule has 0 amide bonds. The van der Waals surface area contributed by atoms with Crippen molar-refractivity contribution in [3.8, 4) is 11.5 Å². The topological polar surface area (TPSA) is 98.9 Å². The van der Waals surface area contributed by atoms with E-state index in [0.717, 1.165) is 11.8 Å². The maximum atomic E-state index is 12.5. The fourth-order valence-corrected chi connectivity index (χ4v) is 2.76. The van der Waals surface area contributed by atoms with Gasteiger partial charge in [-0.15, -0.1) is 13.2 Å². The normalized spacial score (nSPS) is 11.7. The molecule has 0 bridgehead atoms. The van der Waals surface area contributed by atoms with Crippen molar-refractivity contribution in [2.24, 2.45) is 0 Å². The van der Waals surface area contributed by atoms with E-state index in [2.05, 4.69) is 24.7 Å². The molecule has 3 aromatic rings. The van der Waals surface area contributed by atoms with Crippen molar-refractivity contribution < 1.29 is 22.6 Å². The van der Waals surface area contributed by atoms with Crippen LogP contribution in [0.15, 0.2) is 34.6 Å². The molecule has 0 aliphatic heterocycles. The molecular weight excluding hydrogens is 347 g/mol. The van der Waals surface area contributed by atoms with Gasteiger partial charge < -0.3 is 20.2 Å². The molecule has 0 fully saturated rings. The molecule has 7 nitrogen and oxygen atoms in total. The van der Waals surface area contributed by atoms with Crippen molar-refractivity contribution in [2.45, 2.75) is 16.4 Å². The monoisotopic (exact) mass is 357 g/mol. The van der Waals surface area contributed by atoms with E-state index < -0.39 is 6.36 Å². The van der Waals surface area contributed by atoms with Gasteiger partial charge in [0.1, 0.15) is 23.3 Å². The lowest BCUT2D eigenvalue weighted by molar-refractivity contribution is -0.275. The molecule has 0 saturated heterocycles. The molecule has 0 unspecified atom stereocenters. The van der Waals surface area contributed by atoms with Gasteiger partial charge in [0.2, 0.25) is 0 Å². The molecule has 126 valence electrons. The lowest BCUT2D eigenvalue weighted by atomic mass is 10.3. The van der Waals surface area contributed by atoms with E-state index in [1.54, 1.807) is 0 Å². The van der Waals surface area contributed by atoms with Gasteiger partial charge in [-0.2, -0.15) is 0 Å². The van der Waals surface area contributed by atoms with Crippen LogP contribution < -0.4 is 15.2 Å². The third-order valence-corrected chi connectivity index (χ3v) is 3.80. The molecule has 11 heteroatoms. The summed E-state index contributed by atoms with van der Waals surface area (Å²) in [6.45, 7) is 0. The summed E-state index contributed by atoms with van der Waals surface area (Å²) in [4.78, 5) is 14.9. The molecule has 0 aliphatic carbocycles. The van der Waals surface area contributed by atoms with Crippen LogP contribution in [0.1, 0.15) is 0 Å². The van der Waals surface area contributed by atoms with Crippen LogP contribution >= 0.6 is 11.8 Å². The Bertz CT molecular complexity index is 884. The van der Waals surface area contributed by atoms with Crippen LogP contribution in [0.4, 0.5) is 19.0 Å². The number of hydrogen-bond donors (Lipinski definition) is 2. The third-order valence-electron chi connectivity index (χ3n) is 2.88. The molecule has 3 rings (SSSR count). The number of nitrogens with two attached hydrogens (primary N) is 1. The summed E-state index contributed by atoms with van der Waals surface area (Å²) in [6.07, 6.45) is -3.57. The Kier molecular flexibility index (Phi) is 4.09. The number of anilines is 1. The number of aromatic amines is 1. The second-order valence-corrected chi connectivity index (χ2v) is 5.49. The molecule has 2 aromatic heterocycles. The number of aromatic nitrogens is 4. The SMILES string of the molecule is COc1ccc(OC(F)(F)F)c(Sc2nc3ncnc(N)c3[nH]2)c1. The zero-order valence-electron chi connectivity index (χ0n) is 12.1. The van der Waals surface area contributed by atoms with Crippen LogP contribution in [0, 0.1) is 0 Å². The van der Waals surface area contributed by atoms with Crippen molar-refractivity contribution in [2.75, 3.05) is 12.8 Å². The average molecular weight is 357 g/mol. The van der Waals surface area contributed by atoms with Crippen LogP contribution in [-0.4, -0.2) is 33.4 Å². The van der Waals surface area contributed by atoms with E-state index in [1.165, 1.54) is 31.6 Å². The number of hydrogen-bond acceptors (Lipinski definition) is 7. The molecule has 0 aliphatic rings. The van der Waals surface area contributed by atoms with Crippen molar-refractivity contribution >= 4 is 28.7 Å². The lowest BCUT2D eigenvalue weighted by Gasteiger charge is -2.13. The number of imidazole rings is 1. The first-order chi connectivity index (χ1) is 11.4. The third kappa shape index (κ3) is 3.45. The maximum Gasteiger partial charge on any atom is 0.573 e. The first-order valence-electron chi connectivity index (χ1n) is 6.43. The second-order valence-electron chi connectivity index (χ2n) is 4.46. The van der Waals surface area contributed by atoms with Crippen LogP contribution in [0.3, 0.4) is 0 Å². The number of methoxy groups -OCH3 is 1. The van der Waals surface area contributed by atoms with Gasteiger partial charge in [-0.1, -0.05) is 0 Å². The maximum absolute atomic E-state index is 12.5. The smallest absolute Gasteiger partial charge is 0.497 e. The van der Waals surface area contributed by atoms with E-state index in [0.29, 0.717) is 16.9 Å². The zero-order valence-corrected chi connectivity index (χ0v) is 12.9. The lowest BCUT2D eigenvalue weighted by Crippen LogP contribution is -2.17. The Hall–Kier alpha value is -2.69. The number of alkyl halides is 3. The highest BCUT2D eigenvalue weighted by atomic mass is 32.2. The van der Waals surface area contributed by atoms with Crippen molar-refractivity contribution in [1.29, 1.82) is 0 Å². The largest absolute Gasteiger partial charge is 0.573 e. The van der Waals surface area contributed by atoms with Crippen LogP contribution in [0.5, 0.6) is 11.5 Å². The molecule has 0 radical (unpaired) electrons. The molecule has 0 spiro atoms. The average Bonchev–Trinajstić information content (AvgIpc) is 2.92. The number of nitrogens with one attached hydrogen (secondary N) is 1. The van der Waals surface area contributed by atoms with Gasteiger partial charge in [-0.05, 0) is 30.0 Å². The Morgan fingerprint density at radius 3 is 2.71 bits per heavy atom. The number of rotatable bonds is 4. The minimum absolute atomic E-state index is 0.164. The number of nitrogens with zero attached hydrogens (tertiary/aromatic N) is 3. The Morgan fingerprint density at radius 2 is 2.04 bits per heavy atom. The number of H-pyrrole nitrogens is 1. The molecule has 1 aromatic carbocycles. The summed E-state index contributed by atoms with van der Waals surface area (Å²) in [5.74, 6) is 0.201. The molecule has 3 N–H and O–H groups in total. The standard InChI is InChI=1S/C13H10F3N5O2S/c1-22-6-2-3-7(23-13(14,15)16)8(4-6)24-12-20-9-10(17)18-5-19-11(9)21-12/h2-5H,1H3,(H3,17,18,19,20,21). The molecule has 0 atom stereocenters. The first-order valence-corrected chi connectivity index (χ1v) is 7.25. The summed E-state index contributed by atoms with van der Waals surface area (Å²) in [5, 5.41) is 0.289. The Morgan fingerprint density at radius 1 is 1.25 bits per heavy atom. The summed E-state index contributed by atoms with van der Waals surface area (Å²) in [6, 6.07) is 3.95. The van der Waals surface area contributed by atoms with Crippen LogP contribution in [0.25, 0.3) is 11.2 Å². The van der Waals surface area contributed by atoms with E-state index in [9.17, 15) is 13.2 Å². The van der Waals surface area contributed by atoms with Crippen molar-refractivity contribution in [3.63, 3.8) is 0 Å². The summed E-state index contributed by atoms with van der Waals surface area (Å²) < 4.78 is 46.7. The fourth-order valence-electron chi connectivity index (χ4n) is 1.88. The molecular formula is C13H10F3N5O2S. The number of halogens is 3. The van der Waals surface area contributed by atoms with Gasteiger partial charge in [0.15, 0.2) is 16.6 Å². The van der Waals surface area contributed by atoms with Gasteiger partial charge in [-0.3, -0.25) is 0 Å². The molecule has 2 heterocycles. The molecule has 0 saturated carbocycles. The highest BCUT2D eigenvalue weighted by Gasteiger charge is 2.32. The zero-order chi connectivity index (χ0) is 17.3. The molecule has 24 heavy (non-hydrogen) atoms. The van der Waals surface area contributed by atoms with Crippen LogP contribution in [-0.2, 0) is 0 Å². The first kappa shape index (κ1) is 16.2. The number of ether oxygens (including phenoxy) is 2. The van der Waals surface area contributed by atoms with Crippen molar-refractivity contribution in [3.05, 3.63) is 24.5 Å². The summed E-state index contributed by atoms with van der Waals surface area (Å²) in [7, 11) is 1.41. The van der Waals surface area contributed by atoms with Crippen LogP contribution in [0.2, 0.25) is 0 Å². The summed E-state index contributed by atoms with van der Waals surface area (Å²) in [5.41, 5.74) is 6.41. The minimum Gasteiger partial charge on any atom is -0.497 e. The highest BCUT2D eigenvalue weighted by Crippen LogP contribution is 2.39. The Labute approximate surface area is 137 Å². The van der Waals surface area contributed by atoms with Crippen molar-refractivity contribution in [1.82, 2.24) is 19.9 Å². The second kappa shape index (κ2) is 6.07. The van der Waals surface area contributed by atoms with E-state index in [4.69, 9.17) is 10.5 Å². The van der Waals surface area contributed by atoms with E-state index >= 15 is 0 Å². The number of nitrogen functional groups attached to an aromatic ring is 1. The Balaban J connectivity index is 1.98. The van der Waals surface area contributed by atoms with Gasteiger partial charge in [-0.25, -0.2) is 15.0 Å². The minimum atomic E-state index is -4.81. The predicted octanol–water partition coefficient (Wildman–Crippen LogP) is 2.99. The van der Waals surface area contributed by atoms with Gasteiger partial charge in [0, 0.05) is 0 Å². The van der Waals surface area contributed by atoms with Gasteiger partial charge >= 0.3 is 6.36 Å². The predicted molar refractivity (Wildman–Crippen MR) is 79.9 cm³/mol. The van der Waals surface area contributed by atoms with E-state index in [-0.39, 0.29) is 21.6 Å². The highest BCUT2D eigenvalue weighted by molar-refractivity contribution is 7.99. The number of benzene rings is 1. The van der Waals surface area contributed by atoms with E-state index in [1.807, 2.05) is 0 Å². The van der Waals surface area contributed by atoms with Gasteiger partial charge in [0.25, 0.3) is 0 Å². The van der Waals surface area contributed by atoms with Gasteiger partial charge in [0.05, 0.1) is 12.0 Å². The summed E-state index contributed by atoms with van der Waals surface area (Å²) >= 11 is 0.924. The quantitative estimate of drug-likeness (QED) is 0.740.